The van der Waals surface area contributed by atoms with E-state index in [2.05, 4.69) is 63.4 Å². The molecule has 8 N–H and O–H groups in total. The molecule has 0 unspecified atom stereocenters. The molecule has 72 heavy (non-hydrogen) atoms. The molecule has 2 saturated carbocycles. The number of methoxy groups -OCH3 is 1. The summed E-state index contributed by atoms with van der Waals surface area (Å²) in [6.45, 7) is 4.35. The number of ether oxygens (including phenoxy) is 3. The van der Waals surface area contributed by atoms with Crippen molar-refractivity contribution in [2.75, 3.05) is 25.7 Å². The van der Waals surface area contributed by atoms with Gasteiger partial charge in [0.2, 0.25) is 0 Å². The Labute approximate surface area is 438 Å². The first-order valence-corrected chi connectivity index (χ1v) is 24.2. The van der Waals surface area contributed by atoms with Crippen LogP contribution in [0.5, 0.6) is 0 Å². The van der Waals surface area contributed by atoms with Crippen molar-refractivity contribution in [2.45, 2.75) is 109 Å². The molecule has 3 fully saturated rings. The molecule has 11 rings (SSSR count). The summed E-state index contributed by atoms with van der Waals surface area (Å²) in [6, 6.07) is 19.8. The van der Waals surface area contributed by atoms with E-state index in [9.17, 15) is 10.2 Å². The molecule has 1 saturated heterocycles. The summed E-state index contributed by atoms with van der Waals surface area (Å²) in [6.07, 6.45) is 10.2. The maximum absolute atomic E-state index is 10.9. The van der Waals surface area contributed by atoms with E-state index < -0.39 is 18.0 Å². The Morgan fingerprint density at radius 2 is 1.21 bits per heavy atom. The molecule has 0 radical (unpaired) electrons. The average molecular weight is 1070 g/mol. The summed E-state index contributed by atoms with van der Waals surface area (Å²) < 4.78 is 22.2. The van der Waals surface area contributed by atoms with Gasteiger partial charge < -0.3 is 49.9 Å². The molecular weight excluding hydrogens is 1000 g/mol. The first-order chi connectivity index (χ1) is 33.7. The van der Waals surface area contributed by atoms with E-state index in [0.29, 0.717) is 45.8 Å². The standard InChI is InChI=1S/C25H25Cl2N5O2.C24H26ClN5O3.CH5NO.CH4.ClH/c1-25(2)33-20-15(6-4-13-3-5-14-10-17(26)23(28)31-18(14)9-13)11-19(21(20)34-25)32-8-7-16-22(27)29-12-30-24(16)32;1-33-11-19-16-6-7-30(24(16)28-12-27-19)20-10-15(21(31)22(20)32)5-3-13-2-4-14-9-17(25)23(26)29-18(14)8-13;1-3-2;;/h3,5,7-10,12,15,19-21H,4,6,11H2,1-2H3,(H2,28,31);2,4,6-9,12,15,20-22,31-32H,3,5,10-11H2,1H3,(H2,26,29);2H2,1H3;1H4;1H/t15-,19+,20+,21-;15-,20+,21+,22-;;;/m00.../s1. The second kappa shape index (κ2) is 23.0. The number of halogens is 4. The van der Waals surface area contributed by atoms with Crippen molar-refractivity contribution in [3.63, 3.8) is 0 Å². The topological polar surface area (TPSA) is 243 Å². The van der Waals surface area contributed by atoms with Crippen LogP contribution in [0, 0.1) is 11.8 Å². The van der Waals surface area contributed by atoms with Crippen LogP contribution in [0.2, 0.25) is 15.2 Å². The molecule has 3 aliphatic rings. The summed E-state index contributed by atoms with van der Waals surface area (Å²) in [5.41, 5.74) is 18.1. The van der Waals surface area contributed by atoms with Crippen LogP contribution in [0.15, 0.2) is 85.7 Å². The van der Waals surface area contributed by atoms with Gasteiger partial charge in [0.1, 0.15) is 52.9 Å². The molecule has 8 aromatic rings. The van der Waals surface area contributed by atoms with E-state index >= 15 is 0 Å². The molecule has 0 bridgehead atoms. The number of nitrogens with zero attached hydrogens (tertiary/aromatic N) is 8. The largest absolute Gasteiger partial charge is 0.390 e. The molecule has 0 amide bonds. The highest BCUT2D eigenvalue weighted by Gasteiger charge is 2.54. The third kappa shape index (κ3) is 11.2. The smallest absolute Gasteiger partial charge is 0.163 e. The lowest BCUT2D eigenvalue weighted by atomic mass is 9.95. The number of aryl methyl sites for hydroxylation is 2. The van der Waals surface area contributed by atoms with Crippen LogP contribution in [0.4, 0.5) is 11.6 Å². The molecule has 17 nitrogen and oxygen atoms in total. The summed E-state index contributed by atoms with van der Waals surface area (Å²) >= 11 is 18.5. The SMILES string of the molecule is C.CC1(C)O[C@@H]2[C@@H](CCc3ccc4cc(Cl)c(N)nc4c3)C[C@@H](n3ccc4c(Cl)ncnc43)[C@@H]2O1.COCc1ncnc2c1ccn2[C@@H]1C[C@H](CCc2ccc3cc(Cl)c(N)nc3c2)[C@@H](O)[C@H]1O.CON.Cl. The minimum absolute atomic E-state index is 0. The Hall–Kier alpha value is -5.02. The third-order valence-corrected chi connectivity index (χ3v) is 14.6. The molecule has 2 aliphatic carbocycles. The fraction of sp³-hybridized carbons (Fsp3) is 0.412. The molecular formula is C51H61Cl4N11O6. The second-order valence-corrected chi connectivity index (χ2v) is 19.8. The van der Waals surface area contributed by atoms with Gasteiger partial charge in [0.25, 0.3) is 0 Å². The predicted octanol–water partition coefficient (Wildman–Crippen LogP) is 9.42. The number of hydrogen-bond acceptors (Lipinski definition) is 15. The van der Waals surface area contributed by atoms with Crippen LogP contribution < -0.4 is 17.4 Å². The minimum Gasteiger partial charge on any atom is -0.390 e. The van der Waals surface area contributed by atoms with E-state index in [1.807, 2.05) is 73.3 Å². The zero-order chi connectivity index (χ0) is 49.4. The monoisotopic (exact) mass is 1060 g/mol. The summed E-state index contributed by atoms with van der Waals surface area (Å²) in [7, 11) is 3.03. The van der Waals surface area contributed by atoms with Crippen molar-refractivity contribution in [1.82, 2.24) is 39.0 Å². The highest BCUT2D eigenvalue weighted by molar-refractivity contribution is 6.34. The van der Waals surface area contributed by atoms with Gasteiger partial charge in [0.05, 0.1) is 70.2 Å². The second-order valence-electron chi connectivity index (χ2n) is 18.6. The highest BCUT2D eigenvalue weighted by Crippen LogP contribution is 2.49. The van der Waals surface area contributed by atoms with Gasteiger partial charge in [-0.25, -0.2) is 35.8 Å². The van der Waals surface area contributed by atoms with Crippen molar-refractivity contribution in [2.24, 2.45) is 17.7 Å². The van der Waals surface area contributed by atoms with E-state index in [-0.39, 0.29) is 50.0 Å². The Morgan fingerprint density at radius 3 is 1.81 bits per heavy atom. The first-order valence-electron chi connectivity index (χ1n) is 23.1. The van der Waals surface area contributed by atoms with Gasteiger partial charge in [0.15, 0.2) is 5.79 Å². The first kappa shape index (κ1) is 54.7. The Kier molecular flexibility index (Phi) is 17.5. The third-order valence-electron chi connectivity index (χ3n) is 13.7. The molecule has 0 spiro atoms. The number of aliphatic hydroxyl groups is 2. The number of pyridine rings is 2. The predicted molar refractivity (Wildman–Crippen MR) is 285 cm³/mol. The number of nitrogen functional groups attached to an aromatic ring is 2. The van der Waals surface area contributed by atoms with Crippen molar-refractivity contribution >= 4 is 103 Å². The lowest BCUT2D eigenvalue weighted by Crippen LogP contribution is -2.29. The highest BCUT2D eigenvalue weighted by atomic mass is 35.5. The van der Waals surface area contributed by atoms with Crippen molar-refractivity contribution in [1.29, 1.82) is 0 Å². The van der Waals surface area contributed by atoms with Crippen LogP contribution in [0.1, 0.15) is 75.9 Å². The minimum atomic E-state index is -0.869. The fourth-order valence-corrected chi connectivity index (χ4v) is 11.0. The van der Waals surface area contributed by atoms with Crippen LogP contribution in [-0.4, -0.2) is 93.7 Å². The molecule has 7 heterocycles. The molecule has 2 aromatic carbocycles. The lowest BCUT2D eigenvalue weighted by molar-refractivity contribution is -0.160. The number of nitrogens with two attached hydrogens (primary N) is 3. The quantitative estimate of drug-likeness (QED) is 0.0633. The molecule has 384 valence electrons. The van der Waals surface area contributed by atoms with Gasteiger partial charge in [-0.2, -0.15) is 0 Å². The van der Waals surface area contributed by atoms with E-state index in [4.69, 9.17) is 60.5 Å². The summed E-state index contributed by atoms with van der Waals surface area (Å²) in [5, 5.41) is 26.7. The number of fused-ring (bicyclic) bond motifs is 5. The van der Waals surface area contributed by atoms with Crippen LogP contribution in [0.25, 0.3) is 43.9 Å². The Bertz CT molecular complexity index is 3160. The number of aromatic nitrogens is 8. The number of rotatable bonds is 10. The van der Waals surface area contributed by atoms with Gasteiger partial charge in [-0.3, -0.25) is 0 Å². The molecule has 6 aromatic heterocycles. The molecule has 8 atom stereocenters. The maximum Gasteiger partial charge on any atom is 0.163 e. The molecule has 1 aliphatic heterocycles. The Morgan fingerprint density at radius 1 is 0.694 bits per heavy atom. The maximum atomic E-state index is 10.9. The number of aliphatic hydroxyl groups excluding tert-OH is 2. The van der Waals surface area contributed by atoms with Crippen molar-refractivity contribution < 1.29 is 29.3 Å². The fourth-order valence-electron chi connectivity index (χ4n) is 10.4. The van der Waals surface area contributed by atoms with E-state index in [1.165, 1.54) is 25.3 Å². The van der Waals surface area contributed by atoms with Crippen LogP contribution in [-0.2, 0) is 38.5 Å². The van der Waals surface area contributed by atoms with Gasteiger partial charge in [-0.05, 0) is 112 Å². The van der Waals surface area contributed by atoms with Gasteiger partial charge in [0, 0.05) is 35.7 Å². The zero-order valence-corrected chi connectivity index (χ0v) is 42.6. The summed E-state index contributed by atoms with van der Waals surface area (Å²) in [4.78, 5) is 29.9. The Balaban J connectivity index is 0.000000195. The lowest BCUT2D eigenvalue weighted by Gasteiger charge is -2.24. The van der Waals surface area contributed by atoms with Gasteiger partial charge in [-0.1, -0.05) is 66.5 Å². The number of anilines is 2. The number of benzene rings is 2. The van der Waals surface area contributed by atoms with Crippen LogP contribution >= 0.6 is 47.2 Å². The average Bonchev–Trinajstić information content (AvgIpc) is 4.15. The van der Waals surface area contributed by atoms with Gasteiger partial charge >= 0.3 is 0 Å². The van der Waals surface area contributed by atoms with Crippen molar-refractivity contribution in [3.8, 4) is 0 Å². The van der Waals surface area contributed by atoms with Gasteiger partial charge in [-0.15, -0.1) is 12.4 Å². The normalized spacial score (nSPS) is 23.0. The van der Waals surface area contributed by atoms with Crippen LogP contribution in [0.3, 0.4) is 0 Å². The number of hydrogen-bond donors (Lipinski definition) is 5. The van der Waals surface area contributed by atoms with Crippen molar-refractivity contribution in [3.05, 3.63) is 118 Å². The van der Waals surface area contributed by atoms with E-state index in [1.54, 1.807) is 7.11 Å². The van der Waals surface area contributed by atoms with E-state index in [0.717, 1.165) is 87.2 Å². The zero-order valence-electron chi connectivity index (χ0n) is 39.5. The summed E-state index contributed by atoms with van der Waals surface area (Å²) in [5.74, 6) is 4.70. The molecule has 21 heteroatoms.